The number of anilines is 2. The fraction of sp³-hybridized carbons (Fsp3) is 0.174. The summed E-state index contributed by atoms with van der Waals surface area (Å²) < 4.78 is 11.6. The van der Waals surface area contributed by atoms with Gasteiger partial charge in [-0.25, -0.2) is 4.79 Å². The fourth-order valence-corrected chi connectivity index (χ4v) is 4.46. The molecule has 0 bridgehead atoms. The number of pyridine rings is 2. The van der Waals surface area contributed by atoms with E-state index in [2.05, 4.69) is 20.6 Å². The van der Waals surface area contributed by atoms with Crippen LogP contribution in [0.25, 0.3) is 21.3 Å². The SMILES string of the molecule is O=C(Nc1ccncc1)Nc1cc2c(OCC3CCO3)c(-c3cccs3)c(=O)[nH]c2cc1Cl. The van der Waals surface area contributed by atoms with Crippen molar-refractivity contribution in [3.8, 4) is 16.2 Å². The van der Waals surface area contributed by atoms with Crippen LogP contribution in [0.5, 0.6) is 5.75 Å². The molecule has 5 rings (SSSR count). The van der Waals surface area contributed by atoms with Gasteiger partial charge in [-0.05, 0) is 35.7 Å². The third-order valence-corrected chi connectivity index (χ3v) is 6.42. The Kier molecular flexibility index (Phi) is 5.99. The minimum atomic E-state index is -0.462. The molecule has 1 aliphatic heterocycles. The Morgan fingerprint density at radius 2 is 2.09 bits per heavy atom. The van der Waals surface area contributed by atoms with Gasteiger partial charge in [0, 0.05) is 41.4 Å². The van der Waals surface area contributed by atoms with E-state index in [1.165, 1.54) is 11.3 Å². The first-order chi connectivity index (χ1) is 16.1. The van der Waals surface area contributed by atoms with E-state index in [4.69, 9.17) is 21.1 Å². The smallest absolute Gasteiger partial charge is 0.323 e. The number of rotatable bonds is 6. The molecule has 0 radical (unpaired) electrons. The third-order valence-electron chi connectivity index (χ3n) is 5.22. The Hall–Kier alpha value is -3.40. The molecule has 1 aromatic carbocycles. The van der Waals surface area contributed by atoms with Crippen LogP contribution >= 0.6 is 22.9 Å². The fourth-order valence-electron chi connectivity index (χ4n) is 3.49. The number of nitrogens with zero attached hydrogens (tertiary/aromatic N) is 1. The van der Waals surface area contributed by atoms with E-state index >= 15 is 0 Å². The average Bonchev–Trinajstić information content (AvgIpc) is 3.28. The summed E-state index contributed by atoms with van der Waals surface area (Å²) in [6.45, 7) is 1.03. The molecule has 3 aromatic heterocycles. The number of H-pyrrole nitrogens is 1. The van der Waals surface area contributed by atoms with Gasteiger partial charge >= 0.3 is 6.03 Å². The van der Waals surface area contributed by atoms with Crippen LogP contribution in [0.2, 0.25) is 5.02 Å². The number of halogens is 1. The van der Waals surface area contributed by atoms with E-state index in [0.717, 1.165) is 11.3 Å². The van der Waals surface area contributed by atoms with Gasteiger partial charge in [-0.2, -0.15) is 0 Å². The standard InChI is InChI=1S/C23H19ClN4O4S/c24-16-11-17-15(10-18(16)28-23(30)26-13-3-6-25-7-4-13)21(32-12-14-5-8-31-14)20(22(29)27-17)19-2-1-9-33-19/h1-4,6-7,9-11,14H,5,8,12H2,(H,27,29)(H2,25,26,28,30). The third kappa shape index (κ3) is 4.56. The molecular formula is C23H19ClN4O4S. The molecule has 10 heteroatoms. The molecule has 8 nitrogen and oxygen atoms in total. The highest BCUT2D eigenvalue weighted by molar-refractivity contribution is 7.13. The summed E-state index contributed by atoms with van der Waals surface area (Å²) in [4.78, 5) is 33.1. The van der Waals surface area contributed by atoms with Gasteiger partial charge in [0.05, 0.1) is 27.9 Å². The summed E-state index contributed by atoms with van der Waals surface area (Å²) in [6.07, 6.45) is 4.06. The second-order valence-corrected chi connectivity index (χ2v) is 8.78. The zero-order valence-electron chi connectivity index (χ0n) is 17.3. The lowest BCUT2D eigenvalue weighted by atomic mass is 10.1. The number of hydrogen-bond donors (Lipinski definition) is 3. The quantitative estimate of drug-likeness (QED) is 0.354. The van der Waals surface area contributed by atoms with Crippen LogP contribution in [0.3, 0.4) is 0 Å². The van der Waals surface area contributed by atoms with Crippen LogP contribution in [0.15, 0.2) is 59.0 Å². The minimum absolute atomic E-state index is 0.00782. The first-order valence-corrected chi connectivity index (χ1v) is 11.5. The van der Waals surface area contributed by atoms with Gasteiger partial charge in [0.1, 0.15) is 12.4 Å². The van der Waals surface area contributed by atoms with E-state index in [0.29, 0.717) is 46.8 Å². The van der Waals surface area contributed by atoms with Crippen molar-refractivity contribution >= 4 is 51.2 Å². The van der Waals surface area contributed by atoms with Gasteiger partial charge in [0.25, 0.3) is 5.56 Å². The van der Waals surface area contributed by atoms with E-state index in [9.17, 15) is 9.59 Å². The number of ether oxygens (including phenoxy) is 2. The summed E-state index contributed by atoms with van der Waals surface area (Å²) in [5, 5.41) is 8.29. The first-order valence-electron chi connectivity index (χ1n) is 10.2. The lowest BCUT2D eigenvalue weighted by Gasteiger charge is -2.27. The number of benzene rings is 1. The molecule has 1 aliphatic rings. The summed E-state index contributed by atoms with van der Waals surface area (Å²) >= 11 is 7.86. The number of nitrogens with one attached hydrogen (secondary N) is 3. The maximum Gasteiger partial charge on any atom is 0.323 e. The molecule has 168 valence electrons. The van der Waals surface area contributed by atoms with Crippen LogP contribution in [0, 0.1) is 0 Å². The Morgan fingerprint density at radius 3 is 2.79 bits per heavy atom. The van der Waals surface area contributed by atoms with Crippen LogP contribution in [-0.2, 0) is 4.74 Å². The lowest BCUT2D eigenvalue weighted by molar-refractivity contribution is -0.0718. The summed E-state index contributed by atoms with van der Waals surface area (Å²) in [6, 6.07) is 9.93. The Morgan fingerprint density at radius 1 is 1.27 bits per heavy atom. The summed E-state index contributed by atoms with van der Waals surface area (Å²) in [5.74, 6) is 0.431. The summed E-state index contributed by atoms with van der Waals surface area (Å²) in [7, 11) is 0. The molecule has 1 saturated heterocycles. The Balaban J connectivity index is 1.54. The number of urea groups is 1. The average molecular weight is 483 g/mol. The highest BCUT2D eigenvalue weighted by atomic mass is 35.5. The maximum atomic E-state index is 13.0. The number of thiophene rings is 1. The molecule has 1 unspecified atom stereocenters. The van der Waals surface area contributed by atoms with Gasteiger partial charge in [-0.15, -0.1) is 11.3 Å². The van der Waals surface area contributed by atoms with Crippen molar-refractivity contribution in [1.82, 2.24) is 9.97 Å². The molecule has 2 amide bonds. The van der Waals surface area contributed by atoms with Gasteiger partial charge in [0.15, 0.2) is 0 Å². The van der Waals surface area contributed by atoms with Crippen molar-refractivity contribution in [3.63, 3.8) is 0 Å². The molecule has 0 saturated carbocycles. The highest BCUT2D eigenvalue weighted by Crippen LogP contribution is 2.39. The number of hydrogen-bond acceptors (Lipinski definition) is 6. The molecule has 4 heterocycles. The predicted molar refractivity (Wildman–Crippen MR) is 130 cm³/mol. The second-order valence-electron chi connectivity index (χ2n) is 7.42. The number of amides is 2. The predicted octanol–water partition coefficient (Wildman–Crippen LogP) is 5.12. The molecule has 1 atom stereocenters. The van der Waals surface area contributed by atoms with Crippen LogP contribution in [0.4, 0.5) is 16.2 Å². The van der Waals surface area contributed by atoms with Crippen molar-refractivity contribution in [3.05, 3.63) is 69.5 Å². The van der Waals surface area contributed by atoms with Gasteiger partial charge in [-0.1, -0.05) is 17.7 Å². The zero-order chi connectivity index (χ0) is 22.8. The number of aromatic amines is 1. The number of aromatic nitrogens is 2. The van der Waals surface area contributed by atoms with Crippen molar-refractivity contribution in [1.29, 1.82) is 0 Å². The van der Waals surface area contributed by atoms with Crippen molar-refractivity contribution in [2.45, 2.75) is 12.5 Å². The van der Waals surface area contributed by atoms with Crippen molar-refractivity contribution in [2.24, 2.45) is 0 Å². The lowest BCUT2D eigenvalue weighted by Crippen LogP contribution is -2.33. The van der Waals surface area contributed by atoms with E-state index in [1.54, 1.807) is 36.7 Å². The van der Waals surface area contributed by atoms with Crippen molar-refractivity contribution in [2.75, 3.05) is 23.8 Å². The second kappa shape index (κ2) is 9.22. The molecule has 3 N–H and O–H groups in total. The highest BCUT2D eigenvalue weighted by Gasteiger charge is 2.23. The largest absolute Gasteiger partial charge is 0.489 e. The van der Waals surface area contributed by atoms with Gasteiger partial charge in [0.2, 0.25) is 0 Å². The molecule has 33 heavy (non-hydrogen) atoms. The normalized spacial score (nSPS) is 15.1. The minimum Gasteiger partial charge on any atom is -0.489 e. The van der Waals surface area contributed by atoms with Crippen LogP contribution in [0.1, 0.15) is 6.42 Å². The summed E-state index contributed by atoms with van der Waals surface area (Å²) in [5.41, 5.74) is 1.64. The molecule has 1 fully saturated rings. The van der Waals surface area contributed by atoms with Crippen LogP contribution < -0.4 is 20.9 Å². The van der Waals surface area contributed by atoms with Gasteiger partial charge in [-0.3, -0.25) is 9.78 Å². The van der Waals surface area contributed by atoms with E-state index < -0.39 is 6.03 Å². The number of fused-ring (bicyclic) bond motifs is 1. The molecule has 4 aromatic rings. The van der Waals surface area contributed by atoms with Gasteiger partial charge < -0.3 is 25.1 Å². The topological polar surface area (TPSA) is 105 Å². The van der Waals surface area contributed by atoms with E-state index in [1.807, 2.05) is 17.5 Å². The molecule has 0 spiro atoms. The first kappa shape index (κ1) is 21.4. The number of carbonyl (C=O) groups is 1. The molecular weight excluding hydrogens is 464 g/mol. The molecule has 0 aliphatic carbocycles. The maximum absolute atomic E-state index is 13.0. The monoisotopic (exact) mass is 482 g/mol. The zero-order valence-corrected chi connectivity index (χ0v) is 18.8. The Bertz CT molecular complexity index is 1350. The number of carbonyl (C=O) groups excluding carboxylic acids is 1. The van der Waals surface area contributed by atoms with E-state index in [-0.39, 0.29) is 16.7 Å². The van der Waals surface area contributed by atoms with Crippen LogP contribution in [-0.4, -0.2) is 35.3 Å². The van der Waals surface area contributed by atoms with Crippen molar-refractivity contribution < 1.29 is 14.3 Å². The Labute approximate surface area is 197 Å².